The molecule has 0 atom stereocenters. The van der Waals surface area contributed by atoms with Crippen molar-refractivity contribution in [3.63, 3.8) is 0 Å². The Morgan fingerprint density at radius 3 is 2.75 bits per heavy atom. The highest BCUT2D eigenvalue weighted by Crippen LogP contribution is 2.23. The van der Waals surface area contributed by atoms with Gasteiger partial charge in [-0.3, -0.25) is 0 Å². The van der Waals surface area contributed by atoms with Crippen LogP contribution < -0.4 is 0 Å². The number of rotatable bonds is 4. The molecule has 2 rings (SSSR count). The van der Waals surface area contributed by atoms with Crippen molar-refractivity contribution in [2.45, 2.75) is 30.5 Å². The Hall–Kier alpha value is -0.230. The van der Waals surface area contributed by atoms with Crippen molar-refractivity contribution in [1.82, 2.24) is 4.31 Å². The normalized spacial score (nSPS) is 17.9. The molecule has 0 spiro atoms. The summed E-state index contributed by atoms with van der Waals surface area (Å²) >= 11 is 7.75. The molecule has 20 heavy (non-hydrogen) atoms. The van der Waals surface area contributed by atoms with Gasteiger partial charge in [-0.15, -0.1) is 11.6 Å². The molecule has 0 radical (unpaired) electrons. The highest BCUT2D eigenvalue weighted by molar-refractivity contribution is 7.99. The number of halogens is 1. The number of thioether (sulfide) groups is 1. The van der Waals surface area contributed by atoms with Crippen molar-refractivity contribution in [2.75, 3.05) is 24.6 Å². The molecule has 1 saturated heterocycles. The zero-order chi connectivity index (χ0) is 14.6. The second kappa shape index (κ2) is 7.16. The summed E-state index contributed by atoms with van der Waals surface area (Å²) in [7, 11) is -3.38. The summed E-state index contributed by atoms with van der Waals surface area (Å²) in [5.74, 6) is 2.25. The van der Waals surface area contributed by atoms with Crippen LogP contribution >= 0.6 is 23.4 Å². The summed E-state index contributed by atoms with van der Waals surface area (Å²) in [6.07, 6.45) is 1.78. The molecule has 0 saturated carbocycles. The average molecular weight is 334 g/mol. The van der Waals surface area contributed by atoms with Crippen LogP contribution in [0.25, 0.3) is 0 Å². The number of hydrogen-bond acceptors (Lipinski definition) is 3. The molecule has 1 aliphatic heterocycles. The molecule has 0 amide bonds. The van der Waals surface area contributed by atoms with Crippen LogP contribution in [0, 0.1) is 0 Å². The first-order valence-corrected chi connectivity index (χ1v) is 9.98. The van der Waals surface area contributed by atoms with Crippen LogP contribution in [0.5, 0.6) is 0 Å². The molecule has 0 aromatic heterocycles. The first-order valence-electron chi connectivity index (χ1n) is 6.85. The fraction of sp³-hybridized carbons (Fsp3) is 0.571. The molecule has 1 fully saturated rings. The van der Waals surface area contributed by atoms with Gasteiger partial charge in [-0.2, -0.15) is 16.1 Å². The van der Waals surface area contributed by atoms with Gasteiger partial charge in [0.2, 0.25) is 10.0 Å². The zero-order valence-corrected chi connectivity index (χ0v) is 14.0. The summed E-state index contributed by atoms with van der Waals surface area (Å²) in [6, 6.07) is 5.33. The van der Waals surface area contributed by atoms with Gasteiger partial charge in [0.15, 0.2) is 0 Å². The van der Waals surface area contributed by atoms with E-state index in [1.807, 2.05) is 24.8 Å². The lowest BCUT2D eigenvalue weighted by atomic mass is 10.1. The van der Waals surface area contributed by atoms with Crippen molar-refractivity contribution >= 4 is 33.4 Å². The topological polar surface area (TPSA) is 37.4 Å². The van der Waals surface area contributed by atoms with E-state index in [0.717, 1.165) is 35.5 Å². The van der Waals surface area contributed by atoms with Crippen LogP contribution in [0.15, 0.2) is 23.1 Å². The molecule has 0 unspecified atom stereocenters. The minimum Gasteiger partial charge on any atom is -0.207 e. The maximum Gasteiger partial charge on any atom is 0.243 e. The molecule has 0 bridgehead atoms. The number of aryl methyl sites for hydroxylation is 1. The van der Waals surface area contributed by atoms with Crippen LogP contribution in [0.1, 0.15) is 24.5 Å². The van der Waals surface area contributed by atoms with Crippen molar-refractivity contribution in [2.24, 2.45) is 0 Å². The minimum atomic E-state index is -3.38. The van der Waals surface area contributed by atoms with Crippen LogP contribution in [0.4, 0.5) is 0 Å². The lowest BCUT2D eigenvalue weighted by Crippen LogP contribution is -2.33. The third kappa shape index (κ3) is 3.50. The summed E-state index contributed by atoms with van der Waals surface area (Å²) in [5, 5.41) is 0. The third-order valence-electron chi connectivity index (χ3n) is 3.52. The van der Waals surface area contributed by atoms with Crippen molar-refractivity contribution in [3.05, 3.63) is 29.3 Å². The monoisotopic (exact) mass is 333 g/mol. The predicted octanol–water partition coefficient (Wildman–Crippen LogP) is 3.12. The second-order valence-corrected chi connectivity index (χ2v) is 8.22. The lowest BCUT2D eigenvalue weighted by molar-refractivity contribution is 0.435. The summed E-state index contributed by atoms with van der Waals surface area (Å²) < 4.78 is 27.0. The molecule has 3 nitrogen and oxygen atoms in total. The number of hydrogen-bond donors (Lipinski definition) is 0. The van der Waals surface area contributed by atoms with E-state index in [0.29, 0.717) is 23.9 Å². The number of nitrogens with zero attached hydrogens (tertiary/aromatic N) is 1. The standard InChI is InChI=1S/C14H20ClNO2S2/c1-2-12-4-5-14(10-13(12)11-15)20(17,18)16-6-3-8-19-9-7-16/h4-5,10H,2-3,6-9,11H2,1H3. The van der Waals surface area contributed by atoms with Gasteiger partial charge in [0.25, 0.3) is 0 Å². The molecule has 1 aromatic carbocycles. The van der Waals surface area contributed by atoms with Gasteiger partial charge in [-0.05, 0) is 41.9 Å². The Balaban J connectivity index is 2.33. The van der Waals surface area contributed by atoms with Crippen LogP contribution in [-0.2, 0) is 22.3 Å². The van der Waals surface area contributed by atoms with E-state index in [-0.39, 0.29) is 0 Å². The fourth-order valence-electron chi connectivity index (χ4n) is 2.34. The number of benzene rings is 1. The molecule has 6 heteroatoms. The van der Waals surface area contributed by atoms with Gasteiger partial charge in [0, 0.05) is 24.7 Å². The zero-order valence-electron chi connectivity index (χ0n) is 11.6. The molecule has 0 aliphatic carbocycles. The Labute approximate surface area is 130 Å². The molecule has 1 aromatic rings. The molecular formula is C14H20ClNO2S2. The minimum absolute atomic E-state index is 0.350. The highest BCUT2D eigenvalue weighted by atomic mass is 35.5. The van der Waals surface area contributed by atoms with E-state index >= 15 is 0 Å². The average Bonchev–Trinajstić information content (AvgIpc) is 2.76. The van der Waals surface area contributed by atoms with Crippen molar-refractivity contribution in [1.29, 1.82) is 0 Å². The molecule has 112 valence electrons. The maximum absolute atomic E-state index is 12.7. The van der Waals surface area contributed by atoms with E-state index in [4.69, 9.17) is 11.6 Å². The van der Waals surface area contributed by atoms with Gasteiger partial charge < -0.3 is 0 Å². The summed E-state index contributed by atoms with van der Waals surface area (Å²) in [5.41, 5.74) is 2.03. The lowest BCUT2D eigenvalue weighted by Gasteiger charge is -2.20. The fourth-order valence-corrected chi connectivity index (χ4v) is 5.13. The van der Waals surface area contributed by atoms with E-state index < -0.39 is 10.0 Å². The van der Waals surface area contributed by atoms with E-state index in [1.165, 1.54) is 0 Å². The summed E-state index contributed by atoms with van der Waals surface area (Å²) in [6.45, 7) is 3.26. The Bertz CT molecular complexity index is 552. The second-order valence-electron chi connectivity index (χ2n) is 4.79. The number of alkyl halides is 1. The Kier molecular flexibility index (Phi) is 5.78. The van der Waals surface area contributed by atoms with Gasteiger partial charge >= 0.3 is 0 Å². The van der Waals surface area contributed by atoms with Gasteiger partial charge in [0.1, 0.15) is 0 Å². The molecule has 1 aliphatic rings. The van der Waals surface area contributed by atoms with Gasteiger partial charge in [-0.1, -0.05) is 13.0 Å². The smallest absolute Gasteiger partial charge is 0.207 e. The van der Waals surface area contributed by atoms with E-state index in [2.05, 4.69) is 0 Å². The van der Waals surface area contributed by atoms with Crippen LogP contribution in [-0.4, -0.2) is 37.3 Å². The van der Waals surface area contributed by atoms with Crippen molar-refractivity contribution < 1.29 is 8.42 Å². The van der Waals surface area contributed by atoms with Gasteiger partial charge in [0.05, 0.1) is 4.90 Å². The van der Waals surface area contributed by atoms with E-state index in [1.54, 1.807) is 16.4 Å². The highest BCUT2D eigenvalue weighted by Gasteiger charge is 2.25. The largest absolute Gasteiger partial charge is 0.243 e. The van der Waals surface area contributed by atoms with Gasteiger partial charge in [-0.25, -0.2) is 8.42 Å². The Morgan fingerprint density at radius 1 is 1.25 bits per heavy atom. The quantitative estimate of drug-likeness (QED) is 0.794. The SMILES string of the molecule is CCc1ccc(S(=O)(=O)N2CCCSCC2)cc1CCl. The molecular weight excluding hydrogens is 314 g/mol. The van der Waals surface area contributed by atoms with E-state index in [9.17, 15) is 8.42 Å². The molecule has 0 N–H and O–H groups in total. The van der Waals surface area contributed by atoms with Crippen LogP contribution in [0.2, 0.25) is 0 Å². The maximum atomic E-state index is 12.7. The Morgan fingerprint density at radius 2 is 2.05 bits per heavy atom. The number of sulfonamides is 1. The van der Waals surface area contributed by atoms with Crippen molar-refractivity contribution in [3.8, 4) is 0 Å². The first-order chi connectivity index (χ1) is 9.59. The first kappa shape index (κ1) is 16.1. The summed E-state index contributed by atoms with van der Waals surface area (Å²) in [4.78, 5) is 0.372. The predicted molar refractivity (Wildman–Crippen MR) is 86.1 cm³/mol. The third-order valence-corrected chi connectivity index (χ3v) is 6.75. The molecule has 1 heterocycles. The van der Waals surface area contributed by atoms with Crippen LogP contribution in [0.3, 0.4) is 0 Å².